The number of hydrogen-bond donors (Lipinski definition) is 1. The number of carbonyl (C=O) groups is 1. The average Bonchev–Trinajstić information content (AvgIpc) is 3.31. The maximum atomic E-state index is 13.1. The molecule has 1 amide bonds. The predicted molar refractivity (Wildman–Crippen MR) is 107 cm³/mol. The zero-order valence-corrected chi connectivity index (χ0v) is 15.4. The van der Waals surface area contributed by atoms with Gasteiger partial charge in [0.15, 0.2) is 0 Å². The molecule has 1 saturated heterocycles. The van der Waals surface area contributed by atoms with Gasteiger partial charge in [-0.2, -0.15) is 0 Å². The van der Waals surface area contributed by atoms with E-state index >= 15 is 0 Å². The Morgan fingerprint density at radius 3 is 2.96 bits per heavy atom. The molecule has 5 heteroatoms. The van der Waals surface area contributed by atoms with Crippen molar-refractivity contribution >= 4 is 27.8 Å². The van der Waals surface area contributed by atoms with Gasteiger partial charge in [0.25, 0.3) is 5.91 Å². The highest BCUT2D eigenvalue weighted by Gasteiger charge is 2.27. The number of aryl methyl sites for hydroxylation is 1. The number of carbonyl (C=O) groups excluding carboxylic acids is 1. The van der Waals surface area contributed by atoms with E-state index in [1.807, 2.05) is 60.6 Å². The van der Waals surface area contributed by atoms with E-state index in [0.29, 0.717) is 6.54 Å². The van der Waals surface area contributed by atoms with E-state index in [4.69, 9.17) is 4.98 Å². The van der Waals surface area contributed by atoms with E-state index < -0.39 is 0 Å². The van der Waals surface area contributed by atoms with Crippen LogP contribution in [0.3, 0.4) is 0 Å². The summed E-state index contributed by atoms with van der Waals surface area (Å²) in [4.78, 5) is 23.3. The first-order valence-corrected chi connectivity index (χ1v) is 9.48. The molecule has 1 aliphatic rings. The van der Waals surface area contributed by atoms with Crippen LogP contribution in [0.5, 0.6) is 0 Å². The van der Waals surface area contributed by atoms with E-state index in [9.17, 15) is 4.79 Å². The third-order valence-electron chi connectivity index (χ3n) is 5.64. The van der Waals surface area contributed by atoms with Gasteiger partial charge in [-0.3, -0.25) is 4.79 Å². The summed E-state index contributed by atoms with van der Waals surface area (Å²) in [5.41, 5.74) is 3.90. The fraction of sp³-hybridized carbons (Fsp3) is 0.273. The van der Waals surface area contributed by atoms with Crippen LogP contribution < -0.4 is 0 Å². The summed E-state index contributed by atoms with van der Waals surface area (Å²) < 4.78 is 2.06. The lowest BCUT2D eigenvalue weighted by Crippen LogP contribution is -2.39. The number of H-pyrrole nitrogens is 1. The SMILES string of the molecule is Cn1ccc2ccc(C(=O)N3CCCC(c4nc5ccccc5[nH]4)C3)cc21. The fourth-order valence-electron chi connectivity index (χ4n) is 4.13. The quantitative estimate of drug-likeness (QED) is 0.587. The fourth-order valence-corrected chi connectivity index (χ4v) is 4.13. The smallest absolute Gasteiger partial charge is 0.253 e. The number of fused-ring (bicyclic) bond motifs is 2. The molecule has 1 aliphatic heterocycles. The van der Waals surface area contributed by atoms with E-state index in [1.54, 1.807) is 0 Å². The van der Waals surface area contributed by atoms with Crippen LogP contribution in [-0.4, -0.2) is 38.4 Å². The summed E-state index contributed by atoms with van der Waals surface area (Å²) in [6.45, 7) is 1.52. The molecular weight excluding hydrogens is 336 g/mol. The molecule has 1 fully saturated rings. The molecule has 4 aromatic rings. The number of aromatic nitrogens is 3. The first-order valence-electron chi connectivity index (χ1n) is 9.48. The summed E-state index contributed by atoms with van der Waals surface area (Å²) in [6.07, 6.45) is 4.08. The average molecular weight is 358 g/mol. The maximum Gasteiger partial charge on any atom is 0.253 e. The molecule has 5 rings (SSSR count). The molecule has 1 atom stereocenters. The van der Waals surface area contributed by atoms with Crippen molar-refractivity contribution < 1.29 is 4.79 Å². The van der Waals surface area contributed by atoms with Crippen LogP contribution in [0.15, 0.2) is 54.7 Å². The monoisotopic (exact) mass is 358 g/mol. The van der Waals surface area contributed by atoms with Crippen molar-refractivity contribution in [3.05, 3.63) is 66.1 Å². The van der Waals surface area contributed by atoms with Crippen molar-refractivity contribution in [2.45, 2.75) is 18.8 Å². The first-order chi connectivity index (χ1) is 13.2. The Balaban J connectivity index is 1.40. The molecule has 27 heavy (non-hydrogen) atoms. The van der Waals surface area contributed by atoms with Crippen LogP contribution >= 0.6 is 0 Å². The molecule has 0 saturated carbocycles. The minimum absolute atomic E-state index is 0.110. The lowest BCUT2D eigenvalue weighted by molar-refractivity contribution is 0.0705. The number of imidazole rings is 1. The molecule has 1 unspecified atom stereocenters. The number of hydrogen-bond acceptors (Lipinski definition) is 2. The zero-order chi connectivity index (χ0) is 18.4. The molecule has 136 valence electrons. The van der Waals surface area contributed by atoms with Gasteiger partial charge in [-0.15, -0.1) is 0 Å². The topological polar surface area (TPSA) is 53.9 Å². The van der Waals surface area contributed by atoms with Gasteiger partial charge in [0, 0.05) is 43.3 Å². The highest BCUT2D eigenvalue weighted by Crippen LogP contribution is 2.28. The second kappa shape index (κ2) is 6.27. The Bertz CT molecular complexity index is 1110. The molecule has 2 aromatic carbocycles. The summed E-state index contributed by atoms with van der Waals surface area (Å²) in [7, 11) is 2.01. The Kier molecular flexibility index (Phi) is 3.74. The van der Waals surface area contributed by atoms with Gasteiger partial charge in [0.1, 0.15) is 5.82 Å². The third kappa shape index (κ3) is 2.79. The van der Waals surface area contributed by atoms with Crippen LogP contribution in [0.2, 0.25) is 0 Å². The minimum atomic E-state index is 0.110. The number of aromatic amines is 1. The van der Waals surface area contributed by atoms with Crippen molar-refractivity contribution in [3.8, 4) is 0 Å². The Labute approximate surface area is 157 Å². The lowest BCUT2D eigenvalue weighted by atomic mass is 9.96. The number of nitrogens with one attached hydrogen (secondary N) is 1. The number of para-hydroxylation sites is 2. The van der Waals surface area contributed by atoms with Crippen LogP contribution in [0.25, 0.3) is 21.9 Å². The number of benzene rings is 2. The lowest BCUT2D eigenvalue weighted by Gasteiger charge is -2.32. The van der Waals surface area contributed by atoms with Gasteiger partial charge in [-0.1, -0.05) is 18.2 Å². The summed E-state index contributed by atoms with van der Waals surface area (Å²) in [5.74, 6) is 1.36. The summed E-state index contributed by atoms with van der Waals surface area (Å²) in [6, 6.07) is 16.1. The van der Waals surface area contributed by atoms with E-state index in [-0.39, 0.29) is 11.8 Å². The maximum absolute atomic E-state index is 13.1. The van der Waals surface area contributed by atoms with Crippen LogP contribution in [0.4, 0.5) is 0 Å². The number of rotatable bonds is 2. The van der Waals surface area contributed by atoms with E-state index in [1.165, 1.54) is 0 Å². The molecule has 0 radical (unpaired) electrons. The number of likely N-dealkylation sites (tertiary alicyclic amines) is 1. The number of piperidine rings is 1. The van der Waals surface area contributed by atoms with Crippen LogP contribution in [-0.2, 0) is 7.05 Å². The van der Waals surface area contributed by atoms with Gasteiger partial charge < -0.3 is 14.5 Å². The molecule has 5 nitrogen and oxygen atoms in total. The molecule has 3 heterocycles. The molecular formula is C22H22N4O. The predicted octanol–water partition coefficient (Wildman–Crippen LogP) is 4.07. The highest BCUT2D eigenvalue weighted by atomic mass is 16.2. The molecule has 0 spiro atoms. The zero-order valence-electron chi connectivity index (χ0n) is 15.4. The van der Waals surface area contributed by atoms with Crippen molar-refractivity contribution in [2.75, 3.05) is 13.1 Å². The van der Waals surface area contributed by atoms with Crippen molar-refractivity contribution in [2.24, 2.45) is 7.05 Å². The highest BCUT2D eigenvalue weighted by molar-refractivity contribution is 5.98. The molecule has 0 aliphatic carbocycles. The third-order valence-corrected chi connectivity index (χ3v) is 5.64. The van der Waals surface area contributed by atoms with Crippen molar-refractivity contribution in [3.63, 3.8) is 0 Å². The number of nitrogens with zero attached hydrogens (tertiary/aromatic N) is 3. The minimum Gasteiger partial charge on any atom is -0.351 e. The second-order valence-corrected chi connectivity index (χ2v) is 7.43. The van der Waals surface area contributed by atoms with Gasteiger partial charge in [0.05, 0.1) is 11.0 Å². The molecule has 1 N–H and O–H groups in total. The van der Waals surface area contributed by atoms with Gasteiger partial charge in [-0.05, 0) is 48.6 Å². The molecule has 2 aromatic heterocycles. The summed E-state index contributed by atoms with van der Waals surface area (Å²) in [5, 5.41) is 1.16. The van der Waals surface area contributed by atoms with Gasteiger partial charge in [-0.25, -0.2) is 4.98 Å². The van der Waals surface area contributed by atoms with Gasteiger partial charge >= 0.3 is 0 Å². The van der Waals surface area contributed by atoms with E-state index in [2.05, 4.69) is 15.6 Å². The number of amides is 1. The Morgan fingerprint density at radius 1 is 1.19 bits per heavy atom. The Morgan fingerprint density at radius 2 is 2.07 bits per heavy atom. The molecule has 0 bridgehead atoms. The summed E-state index contributed by atoms with van der Waals surface area (Å²) >= 11 is 0. The standard InChI is InChI=1S/C22H22N4O/c1-25-12-10-15-8-9-16(13-20(15)25)22(27)26-11-4-5-17(14-26)21-23-18-6-2-3-7-19(18)24-21/h2-3,6-10,12-13,17H,4-5,11,14H2,1H3,(H,23,24). The normalized spacial score (nSPS) is 17.7. The largest absolute Gasteiger partial charge is 0.351 e. The Hall–Kier alpha value is -3.08. The van der Waals surface area contributed by atoms with E-state index in [0.717, 1.165) is 52.7 Å². The van der Waals surface area contributed by atoms with Crippen molar-refractivity contribution in [1.29, 1.82) is 0 Å². The van der Waals surface area contributed by atoms with Crippen LogP contribution in [0, 0.1) is 0 Å². The van der Waals surface area contributed by atoms with Gasteiger partial charge in [0.2, 0.25) is 0 Å². The first kappa shape index (κ1) is 16.1. The second-order valence-electron chi connectivity index (χ2n) is 7.43. The van der Waals surface area contributed by atoms with Crippen molar-refractivity contribution in [1.82, 2.24) is 19.4 Å². The van der Waals surface area contributed by atoms with Crippen LogP contribution in [0.1, 0.15) is 34.9 Å².